The number of hydrogen-bond acceptors (Lipinski definition) is 1. The van der Waals surface area contributed by atoms with Crippen LogP contribution in [-0.2, 0) is 0 Å². The molecule has 0 atom stereocenters. The summed E-state index contributed by atoms with van der Waals surface area (Å²) in [6, 6.07) is 0. The maximum absolute atomic E-state index is 10.3. The number of piperidine rings is 1. The van der Waals surface area contributed by atoms with Gasteiger partial charge >= 0.3 is 0 Å². The summed E-state index contributed by atoms with van der Waals surface area (Å²) < 4.78 is 0. The van der Waals surface area contributed by atoms with E-state index in [1.54, 1.807) is 4.90 Å². The fourth-order valence-electron chi connectivity index (χ4n) is 3.03. The normalized spacial score (nSPS) is 27.3. The van der Waals surface area contributed by atoms with Gasteiger partial charge in [0.1, 0.15) is 0 Å². The lowest BCUT2D eigenvalue weighted by molar-refractivity contribution is -0.899. The largest absolute Gasteiger partial charge is 0.386 e. The Bertz CT molecular complexity index is 225. The minimum atomic E-state index is -0.465. The molecule has 2 N–H and O–H groups in total. The molecule has 2 aliphatic rings. The maximum atomic E-state index is 10.3. The van der Waals surface area contributed by atoms with Crippen molar-refractivity contribution in [3.05, 3.63) is 12.2 Å². The van der Waals surface area contributed by atoms with Gasteiger partial charge in [-0.25, -0.2) is 0 Å². The molecule has 0 aromatic heterocycles. The van der Waals surface area contributed by atoms with Crippen molar-refractivity contribution in [2.75, 3.05) is 19.6 Å². The smallest absolute Gasteiger partial charge is 0.0959 e. The van der Waals surface area contributed by atoms with Crippen molar-refractivity contribution in [1.82, 2.24) is 0 Å². The first kappa shape index (κ1) is 12.1. The molecule has 1 saturated heterocycles. The van der Waals surface area contributed by atoms with E-state index in [1.807, 2.05) is 0 Å². The lowest BCUT2D eigenvalue weighted by Gasteiger charge is -2.29. The predicted molar refractivity (Wildman–Crippen MR) is 66.6 cm³/mol. The van der Waals surface area contributed by atoms with E-state index >= 15 is 0 Å². The van der Waals surface area contributed by atoms with Crippen LogP contribution in [0.1, 0.15) is 51.4 Å². The van der Waals surface area contributed by atoms with Gasteiger partial charge in [0.25, 0.3) is 0 Å². The molecule has 92 valence electrons. The zero-order chi connectivity index (χ0) is 11.3. The van der Waals surface area contributed by atoms with Crippen LogP contribution in [0.4, 0.5) is 0 Å². The quantitative estimate of drug-likeness (QED) is 0.694. The second-order valence-electron chi connectivity index (χ2n) is 5.58. The zero-order valence-electron chi connectivity index (χ0n) is 10.4. The molecule has 16 heavy (non-hydrogen) atoms. The van der Waals surface area contributed by atoms with Gasteiger partial charge in [0.05, 0.1) is 25.2 Å². The molecule has 0 amide bonds. The van der Waals surface area contributed by atoms with Crippen LogP contribution in [0.5, 0.6) is 0 Å². The molecule has 2 rings (SSSR count). The topological polar surface area (TPSA) is 24.7 Å². The minimum absolute atomic E-state index is 0.465. The predicted octanol–water partition coefficient (Wildman–Crippen LogP) is 1.31. The highest BCUT2D eigenvalue weighted by Gasteiger charge is 2.25. The highest BCUT2D eigenvalue weighted by molar-refractivity contribution is 5.02. The number of hydrogen-bond donors (Lipinski definition) is 2. The summed E-state index contributed by atoms with van der Waals surface area (Å²) in [4.78, 5) is 1.70. The third-order valence-electron chi connectivity index (χ3n) is 4.11. The summed E-state index contributed by atoms with van der Waals surface area (Å²) >= 11 is 0. The van der Waals surface area contributed by atoms with E-state index in [2.05, 4.69) is 12.2 Å². The van der Waals surface area contributed by atoms with Crippen molar-refractivity contribution in [2.45, 2.75) is 57.0 Å². The maximum Gasteiger partial charge on any atom is 0.0959 e. The first-order valence-electron chi connectivity index (χ1n) is 7.02. The van der Waals surface area contributed by atoms with Gasteiger partial charge in [-0.2, -0.15) is 0 Å². The van der Waals surface area contributed by atoms with Gasteiger partial charge in [-0.1, -0.05) is 25.3 Å². The van der Waals surface area contributed by atoms with Crippen molar-refractivity contribution in [1.29, 1.82) is 0 Å². The van der Waals surface area contributed by atoms with Gasteiger partial charge in [0.15, 0.2) is 0 Å². The van der Waals surface area contributed by atoms with Crippen LogP contribution in [0, 0.1) is 0 Å². The summed E-state index contributed by atoms with van der Waals surface area (Å²) in [5.41, 5.74) is -0.465. The second-order valence-corrected chi connectivity index (χ2v) is 5.58. The third kappa shape index (κ3) is 3.60. The Kier molecular flexibility index (Phi) is 4.42. The molecule has 1 aliphatic carbocycles. The summed E-state index contributed by atoms with van der Waals surface area (Å²) in [5.74, 6) is 0. The van der Waals surface area contributed by atoms with Crippen molar-refractivity contribution in [2.24, 2.45) is 0 Å². The minimum Gasteiger partial charge on any atom is -0.386 e. The van der Waals surface area contributed by atoms with Gasteiger partial charge in [0, 0.05) is 0 Å². The first-order chi connectivity index (χ1) is 7.79. The Hall–Kier alpha value is -0.340. The highest BCUT2D eigenvalue weighted by atomic mass is 16.3. The summed E-state index contributed by atoms with van der Waals surface area (Å²) in [5, 5.41) is 10.3. The fourth-order valence-corrected chi connectivity index (χ4v) is 3.03. The molecular weight excluding hydrogens is 198 g/mol. The van der Waals surface area contributed by atoms with Crippen molar-refractivity contribution in [3.8, 4) is 0 Å². The fraction of sp³-hybridized carbons (Fsp3) is 0.857. The molecule has 1 saturated carbocycles. The van der Waals surface area contributed by atoms with Crippen LogP contribution in [0.25, 0.3) is 0 Å². The highest BCUT2D eigenvalue weighted by Crippen LogP contribution is 2.28. The molecule has 0 radical (unpaired) electrons. The molecule has 2 heteroatoms. The van der Waals surface area contributed by atoms with Crippen LogP contribution < -0.4 is 4.90 Å². The van der Waals surface area contributed by atoms with E-state index in [9.17, 15) is 5.11 Å². The number of likely N-dealkylation sites (tertiary alicyclic amines) is 1. The Balaban J connectivity index is 1.74. The van der Waals surface area contributed by atoms with Crippen LogP contribution >= 0.6 is 0 Å². The van der Waals surface area contributed by atoms with E-state index in [4.69, 9.17) is 0 Å². The van der Waals surface area contributed by atoms with Crippen LogP contribution in [0.2, 0.25) is 0 Å². The monoisotopic (exact) mass is 224 g/mol. The molecule has 2 nitrogen and oxygen atoms in total. The zero-order valence-corrected chi connectivity index (χ0v) is 10.4. The molecule has 0 aromatic rings. The molecule has 0 bridgehead atoms. The average molecular weight is 224 g/mol. The van der Waals surface area contributed by atoms with Crippen molar-refractivity contribution < 1.29 is 10.0 Å². The number of quaternary nitrogens is 1. The van der Waals surface area contributed by atoms with Gasteiger partial charge in [-0.3, -0.25) is 0 Å². The molecule has 0 aromatic carbocycles. The average Bonchev–Trinajstić information content (AvgIpc) is 2.31. The Morgan fingerprint density at radius 1 is 0.938 bits per heavy atom. The molecule has 2 fully saturated rings. The molecule has 0 spiro atoms. The lowest BCUT2D eigenvalue weighted by Crippen LogP contribution is -3.12. The van der Waals surface area contributed by atoms with E-state index in [0.717, 1.165) is 19.4 Å². The SMILES string of the molecule is OC1(/C=C/C[NH+]2CCCCC2)CCCCC1. The number of aliphatic hydroxyl groups is 1. The van der Waals surface area contributed by atoms with Gasteiger partial charge < -0.3 is 10.0 Å². The van der Waals surface area contributed by atoms with E-state index < -0.39 is 5.60 Å². The Labute approximate surface area is 99.3 Å². The van der Waals surface area contributed by atoms with Gasteiger partial charge in [-0.15, -0.1) is 0 Å². The van der Waals surface area contributed by atoms with Crippen LogP contribution in [0.15, 0.2) is 12.2 Å². The molecule has 1 aliphatic heterocycles. The third-order valence-corrected chi connectivity index (χ3v) is 4.11. The lowest BCUT2D eigenvalue weighted by atomic mass is 9.84. The molecule has 0 unspecified atom stereocenters. The van der Waals surface area contributed by atoms with E-state index in [-0.39, 0.29) is 0 Å². The van der Waals surface area contributed by atoms with Crippen LogP contribution in [0.3, 0.4) is 0 Å². The second kappa shape index (κ2) is 5.83. The van der Waals surface area contributed by atoms with Gasteiger partial charge in [0.2, 0.25) is 0 Å². The first-order valence-corrected chi connectivity index (χ1v) is 7.02. The standard InChI is InChI=1S/C14H25NO/c16-14(8-3-1-4-9-14)10-7-13-15-11-5-2-6-12-15/h7,10,16H,1-6,8-9,11-13H2/p+1/b10-7+. The summed E-state index contributed by atoms with van der Waals surface area (Å²) in [6.45, 7) is 3.76. The number of rotatable bonds is 3. The molecule has 1 heterocycles. The van der Waals surface area contributed by atoms with E-state index in [0.29, 0.717) is 0 Å². The molecular formula is C14H26NO+. The van der Waals surface area contributed by atoms with Crippen LogP contribution in [-0.4, -0.2) is 30.3 Å². The van der Waals surface area contributed by atoms with Gasteiger partial charge in [-0.05, 0) is 38.2 Å². The Morgan fingerprint density at radius 2 is 1.56 bits per heavy atom. The van der Waals surface area contributed by atoms with E-state index in [1.165, 1.54) is 51.6 Å². The Morgan fingerprint density at radius 3 is 2.25 bits per heavy atom. The van der Waals surface area contributed by atoms with Crippen molar-refractivity contribution in [3.63, 3.8) is 0 Å². The van der Waals surface area contributed by atoms with Crippen molar-refractivity contribution >= 4 is 0 Å². The number of nitrogens with one attached hydrogen (secondary N) is 1. The summed E-state index contributed by atoms with van der Waals surface area (Å²) in [6.07, 6.45) is 14.1. The summed E-state index contributed by atoms with van der Waals surface area (Å²) in [7, 11) is 0.